The van der Waals surface area contributed by atoms with Crippen LogP contribution in [0.4, 0.5) is 5.69 Å². The molecule has 0 radical (unpaired) electrons. The lowest BCUT2D eigenvalue weighted by Gasteiger charge is -2.21. The number of likely N-dealkylation sites (N-methyl/N-ethyl adjacent to an activating group) is 1. The molecule has 0 heterocycles. The molecule has 0 aliphatic carbocycles. The molecule has 4 nitrogen and oxygen atoms in total. The average molecular weight is 322 g/mol. The van der Waals surface area contributed by atoms with Gasteiger partial charge in [-0.25, -0.2) is 0 Å². The van der Waals surface area contributed by atoms with Crippen molar-refractivity contribution in [1.29, 1.82) is 5.26 Å². The molecule has 2 aromatic carbocycles. The highest BCUT2D eigenvalue weighted by Crippen LogP contribution is 2.13. The highest BCUT2D eigenvalue weighted by molar-refractivity contribution is 5.94. The van der Waals surface area contributed by atoms with Crippen LogP contribution < -0.4 is 10.2 Å². The lowest BCUT2D eigenvalue weighted by Crippen LogP contribution is -3.12. The van der Waals surface area contributed by atoms with Gasteiger partial charge in [-0.1, -0.05) is 43.3 Å². The molecular weight excluding hydrogens is 298 g/mol. The fraction of sp³-hybridized carbons (Fsp3) is 0.300. The van der Waals surface area contributed by atoms with E-state index in [9.17, 15) is 4.79 Å². The number of hydrogen-bond acceptors (Lipinski definition) is 2. The predicted molar refractivity (Wildman–Crippen MR) is 95.7 cm³/mol. The zero-order valence-corrected chi connectivity index (χ0v) is 14.5. The number of hydrogen-bond donors (Lipinski definition) is 2. The summed E-state index contributed by atoms with van der Waals surface area (Å²) in [6.07, 6.45) is 1.03. The lowest BCUT2D eigenvalue weighted by molar-refractivity contribution is -0.907. The zero-order chi connectivity index (χ0) is 17.5. The number of nitriles is 1. The van der Waals surface area contributed by atoms with E-state index in [0.717, 1.165) is 17.9 Å². The van der Waals surface area contributed by atoms with Gasteiger partial charge < -0.3 is 10.2 Å². The number of amides is 1. The third kappa shape index (κ3) is 4.43. The van der Waals surface area contributed by atoms with Crippen molar-refractivity contribution in [2.45, 2.75) is 32.9 Å². The van der Waals surface area contributed by atoms with E-state index in [1.807, 2.05) is 20.0 Å². The van der Waals surface area contributed by atoms with E-state index in [1.165, 1.54) is 11.1 Å². The summed E-state index contributed by atoms with van der Waals surface area (Å²) in [5.74, 6) is -0.0830. The second kappa shape index (κ2) is 8.28. The first-order valence-electron chi connectivity index (χ1n) is 8.25. The minimum absolute atomic E-state index is 0.0830. The molecule has 0 aliphatic heterocycles. The molecule has 4 heteroatoms. The Labute approximate surface area is 143 Å². The lowest BCUT2D eigenvalue weighted by atomic mass is 10.1. The largest absolute Gasteiger partial charge is 0.324 e. The fourth-order valence-electron chi connectivity index (χ4n) is 2.52. The molecular formula is C20H24N3O+. The van der Waals surface area contributed by atoms with E-state index < -0.39 is 0 Å². The first-order valence-corrected chi connectivity index (χ1v) is 8.25. The Morgan fingerprint density at radius 3 is 2.42 bits per heavy atom. The number of nitrogens with one attached hydrogen (secondary N) is 2. The predicted octanol–water partition coefficient (Wildman–Crippen LogP) is 2.16. The molecule has 1 amide bonds. The number of benzene rings is 2. The van der Waals surface area contributed by atoms with E-state index in [1.54, 1.807) is 18.2 Å². The van der Waals surface area contributed by atoms with Crippen LogP contribution in [0.15, 0.2) is 48.5 Å². The fourth-order valence-corrected chi connectivity index (χ4v) is 2.52. The van der Waals surface area contributed by atoms with Crippen LogP contribution >= 0.6 is 0 Å². The Morgan fingerprint density at radius 2 is 1.79 bits per heavy atom. The van der Waals surface area contributed by atoms with Crippen LogP contribution in [0, 0.1) is 11.3 Å². The Hall–Kier alpha value is -2.64. The topological polar surface area (TPSA) is 57.3 Å². The summed E-state index contributed by atoms with van der Waals surface area (Å²) >= 11 is 0. The second-order valence-corrected chi connectivity index (χ2v) is 6.06. The van der Waals surface area contributed by atoms with Gasteiger partial charge in [0.1, 0.15) is 12.6 Å². The number of anilines is 1. The molecule has 1 unspecified atom stereocenters. The van der Waals surface area contributed by atoms with E-state index in [0.29, 0.717) is 11.3 Å². The van der Waals surface area contributed by atoms with Crippen molar-refractivity contribution in [3.63, 3.8) is 0 Å². The summed E-state index contributed by atoms with van der Waals surface area (Å²) in [7, 11) is 2.01. The number of aryl methyl sites for hydroxylation is 1. The van der Waals surface area contributed by atoms with Crippen LogP contribution in [0.25, 0.3) is 0 Å². The zero-order valence-electron chi connectivity index (χ0n) is 14.5. The molecule has 2 aromatic rings. The Bertz CT molecular complexity index is 731. The number of rotatable bonds is 6. The van der Waals surface area contributed by atoms with E-state index >= 15 is 0 Å². The number of carbonyl (C=O) groups is 1. The molecule has 0 fully saturated rings. The third-order valence-corrected chi connectivity index (χ3v) is 4.35. The Balaban J connectivity index is 2.00. The van der Waals surface area contributed by atoms with Gasteiger partial charge in [-0.2, -0.15) is 5.26 Å². The SMILES string of the molecule is CCc1ccc(C[NH+](C)[C@@H](C)C(=O)Nc2ccccc2C#N)cc1. The molecule has 0 saturated heterocycles. The van der Waals surface area contributed by atoms with Crippen molar-refractivity contribution < 1.29 is 9.69 Å². The smallest absolute Gasteiger partial charge is 0.282 e. The van der Waals surface area contributed by atoms with Crippen LogP contribution in [0.1, 0.15) is 30.5 Å². The van der Waals surface area contributed by atoms with Crippen molar-refractivity contribution in [3.8, 4) is 6.07 Å². The molecule has 0 bridgehead atoms. The first-order chi connectivity index (χ1) is 11.5. The molecule has 2 atom stereocenters. The number of quaternary nitrogens is 1. The maximum Gasteiger partial charge on any atom is 0.282 e. The summed E-state index contributed by atoms with van der Waals surface area (Å²) in [5.41, 5.74) is 3.57. The van der Waals surface area contributed by atoms with Crippen molar-refractivity contribution >= 4 is 11.6 Å². The van der Waals surface area contributed by atoms with E-state index in [4.69, 9.17) is 5.26 Å². The van der Waals surface area contributed by atoms with Crippen molar-refractivity contribution in [2.24, 2.45) is 0 Å². The van der Waals surface area contributed by atoms with Gasteiger partial charge in [0.25, 0.3) is 5.91 Å². The van der Waals surface area contributed by atoms with Crippen LogP contribution in [0.2, 0.25) is 0 Å². The van der Waals surface area contributed by atoms with Gasteiger partial charge in [-0.05, 0) is 31.0 Å². The summed E-state index contributed by atoms with van der Waals surface area (Å²) < 4.78 is 0. The van der Waals surface area contributed by atoms with Crippen molar-refractivity contribution in [1.82, 2.24) is 0 Å². The van der Waals surface area contributed by atoms with Crippen LogP contribution in [0.5, 0.6) is 0 Å². The highest BCUT2D eigenvalue weighted by atomic mass is 16.2. The van der Waals surface area contributed by atoms with Crippen LogP contribution in [-0.4, -0.2) is 19.0 Å². The van der Waals surface area contributed by atoms with Gasteiger partial charge in [0.15, 0.2) is 6.04 Å². The Morgan fingerprint density at radius 1 is 1.17 bits per heavy atom. The van der Waals surface area contributed by atoms with Gasteiger partial charge in [0.2, 0.25) is 0 Å². The van der Waals surface area contributed by atoms with Crippen LogP contribution in [0.3, 0.4) is 0 Å². The molecule has 0 spiro atoms. The summed E-state index contributed by atoms with van der Waals surface area (Å²) in [6, 6.07) is 17.4. The van der Waals surface area contributed by atoms with Gasteiger partial charge in [-0.15, -0.1) is 0 Å². The maximum absolute atomic E-state index is 12.5. The van der Waals surface area contributed by atoms with Gasteiger partial charge in [-0.3, -0.25) is 4.79 Å². The summed E-state index contributed by atoms with van der Waals surface area (Å²) in [6.45, 7) is 4.82. The number of carbonyl (C=O) groups excluding carboxylic acids is 1. The number of para-hydroxylation sites is 1. The van der Waals surface area contributed by atoms with Crippen LogP contribution in [-0.2, 0) is 17.8 Å². The van der Waals surface area contributed by atoms with Gasteiger partial charge >= 0.3 is 0 Å². The van der Waals surface area contributed by atoms with E-state index in [-0.39, 0.29) is 11.9 Å². The normalized spacial score (nSPS) is 12.9. The minimum atomic E-state index is -0.220. The highest BCUT2D eigenvalue weighted by Gasteiger charge is 2.22. The Kier molecular flexibility index (Phi) is 6.11. The molecule has 124 valence electrons. The molecule has 0 saturated carbocycles. The molecule has 24 heavy (non-hydrogen) atoms. The summed E-state index contributed by atoms with van der Waals surface area (Å²) in [4.78, 5) is 13.6. The second-order valence-electron chi connectivity index (χ2n) is 6.06. The van der Waals surface area contributed by atoms with Crippen molar-refractivity contribution in [2.75, 3.05) is 12.4 Å². The summed E-state index contributed by atoms with van der Waals surface area (Å²) in [5, 5.41) is 12.0. The third-order valence-electron chi connectivity index (χ3n) is 4.35. The quantitative estimate of drug-likeness (QED) is 0.856. The maximum atomic E-state index is 12.5. The molecule has 0 aliphatic rings. The van der Waals surface area contributed by atoms with Crippen molar-refractivity contribution in [3.05, 3.63) is 65.2 Å². The van der Waals surface area contributed by atoms with Gasteiger partial charge in [0, 0.05) is 5.56 Å². The monoisotopic (exact) mass is 322 g/mol. The molecule has 2 rings (SSSR count). The van der Waals surface area contributed by atoms with Gasteiger partial charge in [0.05, 0.1) is 18.3 Å². The molecule has 2 N–H and O–H groups in total. The minimum Gasteiger partial charge on any atom is -0.324 e. The molecule has 0 aromatic heterocycles. The first kappa shape index (κ1) is 17.7. The number of nitrogens with zero attached hydrogens (tertiary/aromatic N) is 1. The standard InChI is InChI=1S/C20H23N3O/c1-4-16-9-11-17(12-10-16)14-23(3)15(2)20(24)22-19-8-6-5-7-18(19)13-21/h5-12,15H,4,14H2,1-3H3,(H,22,24)/p+1/t15-/m0/s1. The van der Waals surface area contributed by atoms with E-state index in [2.05, 4.69) is 42.6 Å². The average Bonchev–Trinajstić information content (AvgIpc) is 2.62.